The van der Waals surface area contributed by atoms with E-state index in [-0.39, 0.29) is 16.8 Å². The molecule has 1 aliphatic heterocycles. The molecule has 1 aliphatic rings. The van der Waals surface area contributed by atoms with E-state index in [2.05, 4.69) is 4.98 Å². The van der Waals surface area contributed by atoms with Crippen LogP contribution in [-0.4, -0.2) is 22.5 Å². The first-order chi connectivity index (χ1) is 16.2. The summed E-state index contributed by atoms with van der Waals surface area (Å²) in [6.07, 6.45) is 1.64. The van der Waals surface area contributed by atoms with Crippen molar-refractivity contribution in [3.8, 4) is 5.75 Å². The van der Waals surface area contributed by atoms with Gasteiger partial charge in [-0.1, -0.05) is 29.5 Å². The quantitative estimate of drug-likeness (QED) is 0.381. The number of aromatic nitrogens is 2. The molecule has 0 radical (unpaired) electrons. The molecule has 4 heterocycles. The zero-order valence-electron chi connectivity index (χ0n) is 17.5. The Morgan fingerprint density at radius 1 is 1.09 bits per heavy atom. The molecule has 0 saturated heterocycles. The number of carbonyl (C=O) groups is 1. The summed E-state index contributed by atoms with van der Waals surface area (Å²) in [5, 5.41) is 0.895. The Bertz CT molecular complexity index is 1590. The fourth-order valence-corrected chi connectivity index (χ4v) is 5.21. The van der Waals surface area contributed by atoms with Crippen molar-refractivity contribution in [3.63, 3.8) is 0 Å². The molecule has 1 amide bonds. The lowest BCUT2D eigenvalue weighted by Gasteiger charge is -2.21. The van der Waals surface area contributed by atoms with E-state index in [1.54, 1.807) is 42.6 Å². The van der Waals surface area contributed by atoms with Gasteiger partial charge in [-0.05, 0) is 49.4 Å². The number of hydrogen-bond donors (Lipinski definition) is 0. The van der Waals surface area contributed by atoms with Crippen molar-refractivity contribution in [2.24, 2.45) is 0 Å². The molecule has 0 saturated carbocycles. The van der Waals surface area contributed by atoms with Gasteiger partial charge in [0.15, 0.2) is 10.6 Å². The third-order valence-electron chi connectivity index (χ3n) is 5.61. The molecule has 5 aromatic rings. The van der Waals surface area contributed by atoms with Crippen molar-refractivity contribution in [1.82, 2.24) is 9.97 Å². The maximum atomic E-state index is 13.6. The molecule has 2 aromatic carbocycles. The molecule has 162 valence electrons. The first kappa shape index (κ1) is 19.6. The second-order valence-corrected chi connectivity index (χ2v) is 8.57. The number of anilines is 1. The number of carbonyl (C=O) groups excluding carboxylic acids is 1. The van der Waals surface area contributed by atoms with Crippen molar-refractivity contribution >= 4 is 43.6 Å². The van der Waals surface area contributed by atoms with Crippen molar-refractivity contribution in [2.75, 3.05) is 11.5 Å². The molecule has 0 unspecified atom stereocenters. The van der Waals surface area contributed by atoms with E-state index in [4.69, 9.17) is 14.1 Å². The third-order valence-corrected chi connectivity index (χ3v) is 6.63. The number of para-hydroxylation sites is 1. The Morgan fingerprint density at radius 3 is 2.76 bits per heavy atom. The molecule has 3 aromatic heterocycles. The number of fused-ring (bicyclic) bond motifs is 3. The number of ether oxygens (including phenoxy) is 1. The molecule has 1 atom stereocenters. The number of thiazole rings is 1. The topological polar surface area (TPSA) is 85.5 Å². The van der Waals surface area contributed by atoms with E-state index in [9.17, 15) is 9.59 Å². The zero-order valence-corrected chi connectivity index (χ0v) is 18.3. The molecule has 8 heteroatoms. The number of amides is 1. The van der Waals surface area contributed by atoms with Gasteiger partial charge in [0.25, 0.3) is 5.91 Å². The van der Waals surface area contributed by atoms with Gasteiger partial charge in [-0.25, -0.2) is 4.98 Å². The summed E-state index contributed by atoms with van der Waals surface area (Å²) < 4.78 is 12.4. The second-order valence-electron chi connectivity index (χ2n) is 7.56. The van der Waals surface area contributed by atoms with Crippen LogP contribution in [0.2, 0.25) is 0 Å². The Hall–Kier alpha value is -4.04. The molecule has 0 N–H and O–H groups in total. The van der Waals surface area contributed by atoms with Crippen LogP contribution < -0.4 is 15.1 Å². The minimum Gasteiger partial charge on any atom is -0.494 e. The van der Waals surface area contributed by atoms with Crippen LogP contribution in [0.4, 0.5) is 5.13 Å². The third kappa shape index (κ3) is 3.02. The van der Waals surface area contributed by atoms with Crippen LogP contribution in [0.15, 0.2) is 76.1 Å². The highest BCUT2D eigenvalue weighted by Crippen LogP contribution is 2.43. The van der Waals surface area contributed by atoms with Crippen LogP contribution in [0.25, 0.3) is 21.2 Å². The van der Waals surface area contributed by atoms with E-state index in [1.165, 1.54) is 16.2 Å². The van der Waals surface area contributed by atoms with Gasteiger partial charge in [-0.3, -0.25) is 19.5 Å². The molecular weight excluding hydrogens is 438 g/mol. The van der Waals surface area contributed by atoms with Crippen molar-refractivity contribution in [1.29, 1.82) is 0 Å². The maximum absolute atomic E-state index is 13.6. The molecule has 0 fully saturated rings. The highest BCUT2D eigenvalue weighted by Gasteiger charge is 2.45. The van der Waals surface area contributed by atoms with E-state index >= 15 is 0 Å². The SMILES string of the molecule is CCOc1ccc2nc(N3C(=O)c4oc5ccccc5c(=O)c4[C@@H]3c3ccccn3)sc2c1. The van der Waals surface area contributed by atoms with Crippen LogP contribution in [0, 0.1) is 0 Å². The minimum atomic E-state index is -0.735. The zero-order chi connectivity index (χ0) is 22.5. The lowest BCUT2D eigenvalue weighted by molar-refractivity contribution is 0.0970. The molecule has 33 heavy (non-hydrogen) atoms. The minimum absolute atomic E-state index is 0.0311. The van der Waals surface area contributed by atoms with E-state index < -0.39 is 11.9 Å². The number of benzene rings is 2. The van der Waals surface area contributed by atoms with E-state index in [1.807, 2.05) is 31.2 Å². The maximum Gasteiger partial charge on any atom is 0.297 e. The first-order valence-electron chi connectivity index (χ1n) is 10.5. The van der Waals surface area contributed by atoms with Gasteiger partial charge in [0, 0.05) is 6.20 Å². The number of pyridine rings is 1. The van der Waals surface area contributed by atoms with Crippen molar-refractivity contribution in [2.45, 2.75) is 13.0 Å². The first-order valence-corrected chi connectivity index (χ1v) is 11.3. The van der Waals surface area contributed by atoms with Gasteiger partial charge in [0.1, 0.15) is 17.4 Å². The largest absolute Gasteiger partial charge is 0.494 e. The summed E-state index contributed by atoms with van der Waals surface area (Å²) in [5.74, 6) is 0.358. The van der Waals surface area contributed by atoms with Crippen LogP contribution in [-0.2, 0) is 0 Å². The summed E-state index contributed by atoms with van der Waals surface area (Å²) in [7, 11) is 0. The fourth-order valence-electron chi connectivity index (χ4n) is 4.19. The Balaban J connectivity index is 1.58. The van der Waals surface area contributed by atoms with Gasteiger partial charge in [0.05, 0.1) is 33.5 Å². The average molecular weight is 455 g/mol. The summed E-state index contributed by atoms with van der Waals surface area (Å²) in [4.78, 5) is 37.8. The summed E-state index contributed by atoms with van der Waals surface area (Å²) in [6.45, 7) is 2.48. The Morgan fingerprint density at radius 2 is 1.94 bits per heavy atom. The highest BCUT2D eigenvalue weighted by molar-refractivity contribution is 7.22. The molecule has 0 bridgehead atoms. The molecule has 0 aliphatic carbocycles. The summed E-state index contributed by atoms with van der Waals surface area (Å²) >= 11 is 1.36. The number of nitrogens with zero attached hydrogens (tertiary/aromatic N) is 3. The van der Waals surface area contributed by atoms with Gasteiger partial charge in [0.2, 0.25) is 5.76 Å². The monoisotopic (exact) mass is 455 g/mol. The van der Waals surface area contributed by atoms with Crippen LogP contribution in [0.3, 0.4) is 0 Å². The van der Waals surface area contributed by atoms with Gasteiger partial charge >= 0.3 is 0 Å². The fraction of sp³-hybridized carbons (Fsp3) is 0.120. The molecule has 6 rings (SSSR count). The van der Waals surface area contributed by atoms with Crippen LogP contribution in [0.5, 0.6) is 5.75 Å². The lowest BCUT2D eigenvalue weighted by atomic mass is 10.0. The lowest BCUT2D eigenvalue weighted by Crippen LogP contribution is -2.29. The van der Waals surface area contributed by atoms with Crippen molar-refractivity contribution < 1.29 is 13.9 Å². The van der Waals surface area contributed by atoms with Crippen LogP contribution in [0.1, 0.15) is 34.8 Å². The summed E-state index contributed by atoms with van der Waals surface area (Å²) in [6, 6.07) is 17.3. The number of rotatable bonds is 4. The van der Waals surface area contributed by atoms with Crippen LogP contribution >= 0.6 is 11.3 Å². The molecular formula is C25H17N3O4S. The normalized spacial score (nSPS) is 15.4. The van der Waals surface area contributed by atoms with Gasteiger partial charge < -0.3 is 9.15 Å². The average Bonchev–Trinajstić information content (AvgIpc) is 3.38. The number of hydrogen-bond acceptors (Lipinski definition) is 7. The standard InChI is InChI=1S/C25H17N3O4S/c1-2-31-14-10-11-16-19(13-14)33-25(27-16)28-21(17-8-5-6-12-26-17)20-22(29)15-7-3-4-9-18(15)32-23(20)24(28)30/h3-13,21H,2H2,1H3/t21-/m0/s1. The smallest absolute Gasteiger partial charge is 0.297 e. The highest BCUT2D eigenvalue weighted by atomic mass is 32.1. The Labute approximate surface area is 191 Å². The van der Waals surface area contributed by atoms with Gasteiger partial charge in [-0.2, -0.15) is 0 Å². The molecule has 0 spiro atoms. The second kappa shape index (κ2) is 7.53. The van der Waals surface area contributed by atoms with E-state index in [0.29, 0.717) is 28.4 Å². The Kier molecular flexibility index (Phi) is 4.48. The predicted octanol–water partition coefficient (Wildman–Crippen LogP) is 4.95. The van der Waals surface area contributed by atoms with Gasteiger partial charge in [-0.15, -0.1) is 0 Å². The van der Waals surface area contributed by atoms with Crippen molar-refractivity contribution in [3.05, 3.63) is 94.1 Å². The van der Waals surface area contributed by atoms with E-state index in [0.717, 1.165) is 16.0 Å². The predicted molar refractivity (Wildman–Crippen MR) is 126 cm³/mol. The summed E-state index contributed by atoms with van der Waals surface area (Å²) in [5.41, 5.74) is 1.74. The molecule has 7 nitrogen and oxygen atoms in total.